The number of oxazole rings is 1. The van der Waals surface area contributed by atoms with Gasteiger partial charge in [0.25, 0.3) is 11.8 Å². The van der Waals surface area contributed by atoms with Crippen LogP contribution in [0.25, 0.3) is 0 Å². The lowest BCUT2D eigenvalue weighted by atomic mass is 10.2. The molecule has 0 unspecified atom stereocenters. The van der Waals surface area contributed by atoms with Crippen molar-refractivity contribution in [1.82, 2.24) is 10.3 Å². The predicted molar refractivity (Wildman–Crippen MR) is 67.4 cm³/mol. The molecule has 0 fully saturated rings. The quantitative estimate of drug-likeness (QED) is 0.856. The standard InChI is InChI=1S/C13H13N3O3/c1-8-10(11(14)17)19-13(16-8)12(18)15-7-9-5-3-2-4-6-9/h2-6H,7H2,1H3,(H2,14,17)(H,15,18). The van der Waals surface area contributed by atoms with Crippen molar-refractivity contribution < 1.29 is 14.0 Å². The predicted octanol–water partition coefficient (Wildman–Crippen LogP) is 1.01. The second kappa shape index (κ2) is 5.34. The number of benzene rings is 1. The molecule has 19 heavy (non-hydrogen) atoms. The molecule has 0 bridgehead atoms. The van der Waals surface area contributed by atoms with E-state index in [4.69, 9.17) is 10.2 Å². The normalized spacial score (nSPS) is 10.2. The maximum atomic E-state index is 11.8. The molecule has 1 heterocycles. The van der Waals surface area contributed by atoms with E-state index in [1.54, 1.807) is 6.92 Å². The zero-order chi connectivity index (χ0) is 13.8. The lowest BCUT2D eigenvalue weighted by molar-refractivity contribution is 0.0907. The first kappa shape index (κ1) is 12.8. The van der Waals surface area contributed by atoms with Gasteiger partial charge in [-0.1, -0.05) is 30.3 Å². The number of nitrogens with one attached hydrogen (secondary N) is 1. The van der Waals surface area contributed by atoms with Gasteiger partial charge in [0, 0.05) is 6.54 Å². The van der Waals surface area contributed by atoms with Gasteiger partial charge in [-0.25, -0.2) is 4.98 Å². The Morgan fingerprint density at radius 2 is 2.00 bits per heavy atom. The monoisotopic (exact) mass is 259 g/mol. The topological polar surface area (TPSA) is 98.2 Å². The van der Waals surface area contributed by atoms with E-state index in [9.17, 15) is 9.59 Å². The van der Waals surface area contributed by atoms with E-state index in [1.165, 1.54) is 0 Å². The van der Waals surface area contributed by atoms with Gasteiger partial charge in [0.1, 0.15) is 0 Å². The summed E-state index contributed by atoms with van der Waals surface area (Å²) < 4.78 is 5.03. The number of aromatic nitrogens is 1. The number of carbonyl (C=O) groups is 2. The number of carbonyl (C=O) groups excluding carboxylic acids is 2. The highest BCUT2D eigenvalue weighted by Gasteiger charge is 2.19. The van der Waals surface area contributed by atoms with Crippen molar-refractivity contribution in [3.63, 3.8) is 0 Å². The van der Waals surface area contributed by atoms with Gasteiger partial charge in [-0.05, 0) is 12.5 Å². The lowest BCUT2D eigenvalue weighted by Gasteiger charge is -2.01. The molecule has 1 aromatic carbocycles. The molecule has 0 saturated carbocycles. The molecule has 0 aliphatic rings. The van der Waals surface area contributed by atoms with Crippen LogP contribution in [0.5, 0.6) is 0 Å². The van der Waals surface area contributed by atoms with Crippen LogP contribution >= 0.6 is 0 Å². The molecule has 6 heteroatoms. The largest absolute Gasteiger partial charge is 0.427 e. The zero-order valence-corrected chi connectivity index (χ0v) is 10.3. The van der Waals surface area contributed by atoms with Crippen molar-refractivity contribution in [2.24, 2.45) is 5.73 Å². The van der Waals surface area contributed by atoms with Crippen LogP contribution in [0, 0.1) is 6.92 Å². The second-order valence-electron chi connectivity index (χ2n) is 3.97. The SMILES string of the molecule is Cc1nc(C(=O)NCc2ccccc2)oc1C(N)=O. The summed E-state index contributed by atoms with van der Waals surface area (Å²) in [5.74, 6) is -1.49. The Morgan fingerprint density at radius 3 is 2.58 bits per heavy atom. The molecule has 2 aromatic rings. The van der Waals surface area contributed by atoms with E-state index in [2.05, 4.69) is 10.3 Å². The number of primary amides is 1. The maximum Gasteiger partial charge on any atom is 0.307 e. The first-order chi connectivity index (χ1) is 9.08. The van der Waals surface area contributed by atoms with Crippen LogP contribution in [0.15, 0.2) is 34.7 Å². The van der Waals surface area contributed by atoms with Crippen molar-refractivity contribution in [3.8, 4) is 0 Å². The Labute approximate surface area is 109 Å². The minimum absolute atomic E-state index is 0.0927. The number of hydrogen-bond donors (Lipinski definition) is 2. The van der Waals surface area contributed by atoms with E-state index in [0.717, 1.165) is 5.56 Å². The third-order valence-corrected chi connectivity index (χ3v) is 2.51. The molecule has 6 nitrogen and oxygen atoms in total. The molecule has 98 valence electrons. The van der Waals surface area contributed by atoms with Gasteiger partial charge in [0.2, 0.25) is 5.76 Å². The van der Waals surface area contributed by atoms with Crippen molar-refractivity contribution in [1.29, 1.82) is 0 Å². The molecule has 0 aliphatic heterocycles. The fraction of sp³-hybridized carbons (Fsp3) is 0.154. The Kier molecular flexibility index (Phi) is 3.61. The molecule has 0 atom stereocenters. The van der Waals surface area contributed by atoms with Gasteiger partial charge in [-0.15, -0.1) is 0 Å². The third-order valence-electron chi connectivity index (χ3n) is 2.51. The van der Waals surface area contributed by atoms with E-state index < -0.39 is 11.8 Å². The first-order valence-corrected chi connectivity index (χ1v) is 5.67. The Morgan fingerprint density at radius 1 is 1.32 bits per heavy atom. The van der Waals surface area contributed by atoms with E-state index in [-0.39, 0.29) is 11.7 Å². The summed E-state index contributed by atoms with van der Waals surface area (Å²) in [6.45, 7) is 1.91. The summed E-state index contributed by atoms with van der Waals surface area (Å²) in [6, 6.07) is 9.41. The van der Waals surface area contributed by atoms with Crippen LogP contribution in [0.3, 0.4) is 0 Å². The van der Waals surface area contributed by atoms with Crippen LogP contribution in [-0.4, -0.2) is 16.8 Å². The van der Waals surface area contributed by atoms with E-state index >= 15 is 0 Å². The summed E-state index contributed by atoms with van der Waals surface area (Å²) in [5, 5.41) is 2.65. The van der Waals surface area contributed by atoms with Gasteiger partial charge in [-0.2, -0.15) is 0 Å². The smallest absolute Gasteiger partial charge is 0.307 e. The molecular formula is C13H13N3O3. The fourth-order valence-electron chi connectivity index (χ4n) is 1.58. The Bertz CT molecular complexity index is 605. The minimum Gasteiger partial charge on any atom is -0.427 e. The molecule has 0 saturated heterocycles. The lowest BCUT2D eigenvalue weighted by Crippen LogP contribution is -2.23. The molecule has 0 aliphatic carbocycles. The fourth-order valence-corrected chi connectivity index (χ4v) is 1.58. The highest BCUT2D eigenvalue weighted by atomic mass is 16.4. The molecule has 2 rings (SSSR count). The van der Waals surface area contributed by atoms with Gasteiger partial charge in [0.15, 0.2) is 0 Å². The highest BCUT2D eigenvalue weighted by Crippen LogP contribution is 2.09. The van der Waals surface area contributed by atoms with Gasteiger partial charge >= 0.3 is 5.91 Å². The van der Waals surface area contributed by atoms with Crippen molar-refractivity contribution in [2.45, 2.75) is 13.5 Å². The second-order valence-corrected chi connectivity index (χ2v) is 3.97. The van der Waals surface area contributed by atoms with Gasteiger partial charge < -0.3 is 15.5 Å². The average molecular weight is 259 g/mol. The molecule has 1 aromatic heterocycles. The molecule has 2 amide bonds. The van der Waals surface area contributed by atoms with E-state index in [0.29, 0.717) is 12.2 Å². The Hall–Kier alpha value is -2.63. The number of amides is 2. The Balaban J connectivity index is 2.04. The maximum absolute atomic E-state index is 11.8. The molecule has 0 spiro atoms. The summed E-state index contributed by atoms with van der Waals surface area (Å²) in [7, 11) is 0. The number of aryl methyl sites for hydroxylation is 1. The zero-order valence-electron chi connectivity index (χ0n) is 10.3. The minimum atomic E-state index is -0.743. The summed E-state index contributed by atoms with van der Waals surface area (Å²) >= 11 is 0. The summed E-state index contributed by atoms with van der Waals surface area (Å²) in [4.78, 5) is 26.6. The van der Waals surface area contributed by atoms with Crippen molar-refractivity contribution in [2.75, 3.05) is 0 Å². The van der Waals surface area contributed by atoms with Crippen LogP contribution in [0.4, 0.5) is 0 Å². The summed E-state index contributed by atoms with van der Waals surface area (Å²) in [6.07, 6.45) is 0. The van der Waals surface area contributed by atoms with Gasteiger partial charge in [-0.3, -0.25) is 9.59 Å². The molecule has 0 radical (unpaired) electrons. The first-order valence-electron chi connectivity index (χ1n) is 5.67. The number of hydrogen-bond acceptors (Lipinski definition) is 4. The number of rotatable bonds is 4. The van der Waals surface area contributed by atoms with Crippen molar-refractivity contribution >= 4 is 11.8 Å². The van der Waals surface area contributed by atoms with Gasteiger partial charge in [0.05, 0.1) is 5.69 Å². The number of nitrogens with two attached hydrogens (primary N) is 1. The van der Waals surface area contributed by atoms with Crippen LogP contribution < -0.4 is 11.1 Å². The van der Waals surface area contributed by atoms with Crippen LogP contribution in [-0.2, 0) is 6.54 Å². The third kappa shape index (κ3) is 2.98. The number of nitrogens with zero attached hydrogens (tertiary/aromatic N) is 1. The average Bonchev–Trinajstić information content (AvgIpc) is 2.79. The van der Waals surface area contributed by atoms with E-state index in [1.807, 2.05) is 30.3 Å². The van der Waals surface area contributed by atoms with Crippen molar-refractivity contribution in [3.05, 3.63) is 53.2 Å². The summed E-state index contributed by atoms with van der Waals surface area (Å²) in [5.41, 5.74) is 6.34. The van der Waals surface area contributed by atoms with Crippen LogP contribution in [0.1, 0.15) is 32.5 Å². The van der Waals surface area contributed by atoms with Crippen LogP contribution in [0.2, 0.25) is 0 Å². The molecule has 3 N–H and O–H groups in total. The molecular weight excluding hydrogens is 246 g/mol. The highest BCUT2D eigenvalue weighted by molar-refractivity contribution is 5.94.